The highest BCUT2D eigenvalue weighted by Crippen LogP contribution is 2.12. The summed E-state index contributed by atoms with van der Waals surface area (Å²) in [5, 5.41) is 4.12. The molecule has 0 aliphatic heterocycles. The van der Waals surface area contributed by atoms with Gasteiger partial charge >= 0.3 is 0 Å². The summed E-state index contributed by atoms with van der Waals surface area (Å²) in [6.45, 7) is 0.548. The lowest BCUT2D eigenvalue weighted by Gasteiger charge is -2.16. The van der Waals surface area contributed by atoms with Crippen molar-refractivity contribution in [1.29, 1.82) is 0 Å². The van der Waals surface area contributed by atoms with Crippen molar-refractivity contribution in [3.05, 3.63) is 72.3 Å². The molecule has 0 fully saturated rings. The number of benzene rings is 1. The minimum atomic E-state index is 0.00269. The zero-order valence-corrected chi connectivity index (χ0v) is 12.7. The summed E-state index contributed by atoms with van der Waals surface area (Å²) in [7, 11) is 3.67. The molecule has 3 aromatic rings. The smallest absolute Gasteiger partial charge is 0.253 e. The van der Waals surface area contributed by atoms with Crippen LogP contribution in [0, 0.1) is 0 Å². The molecule has 0 spiro atoms. The molecule has 22 heavy (non-hydrogen) atoms. The van der Waals surface area contributed by atoms with Crippen LogP contribution in [0.5, 0.6) is 0 Å². The maximum Gasteiger partial charge on any atom is 0.253 e. The standard InChI is InChI=1S/C17H18N4O/c1-19(12-14-11-18-20(2)13-14)17(22)15-5-7-16(8-6-15)21-9-3-4-10-21/h3-11,13H,12H2,1-2H3. The average Bonchev–Trinajstić information content (AvgIpc) is 3.18. The molecule has 0 N–H and O–H groups in total. The number of aryl methyl sites for hydroxylation is 1. The van der Waals surface area contributed by atoms with E-state index in [4.69, 9.17) is 0 Å². The first-order valence-electron chi connectivity index (χ1n) is 7.10. The summed E-state index contributed by atoms with van der Waals surface area (Å²) in [5.74, 6) is 0.00269. The van der Waals surface area contributed by atoms with Crippen LogP contribution in [-0.4, -0.2) is 32.2 Å². The number of amides is 1. The van der Waals surface area contributed by atoms with Crippen molar-refractivity contribution in [2.24, 2.45) is 7.05 Å². The van der Waals surface area contributed by atoms with Crippen molar-refractivity contribution in [3.8, 4) is 5.69 Å². The lowest BCUT2D eigenvalue weighted by Crippen LogP contribution is -2.26. The number of aromatic nitrogens is 3. The summed E-state index contributed by atoms with van der Waals surface area (Å²) in [6, 6.07) is 11.6. The van der Waals surface area contributed by atoms with E-state index in [-0.39, 0.29) is 5.91 Å². The van der Waals surface area contributed by atoms with Gasteiger partial charge in [-0.2, -0.15) is 5.10 Å². The fourth-order valence-corrected chi connectivity index (χ4v) is 2.40. The van der Waals surface area contributed by atoms with Gasteiger partial charge in [0.05, 0.1) is 6.20 Å². The summed E-state index contributed by atoms with van der Waals surface area (Å²) in [4.78, 5) is 14.1. The molecular weight excluding hydrogens is 276 g/mol. The van der Waals surface area contributed by atoms with E-state index in [9.17, 15) is 4.79 Å². The van der Waals surface area contributed by atoms with Crippen LogP contribution in [0.15, 0.2) is 61.2 Å². The first kappa shape index (κ1) is 14.1. The third kappa shape index (κ3) is 2.93. The molecule has 2 heterocycles. The molecule has 0 bridgehead atoms. The van der Waals surface area contributed by atoms with Gasteiger partial charge in [0.1, 0.15) is 0 Å². The number of carbonyl (C=O) groups is 1. The molecule has 0 saturated heterocycles. The lowest BCUT2D eigenvalue weighted by molar-refractivity contribution is 0.0785. The van der Waals surface area contributed by atoms with E-state index >= 15 is 0 Å². The van der Waals surface area contributed by atoms with Gasteiger partial charge in [-0.15, -0.1) is 0 Å². The second-order valence-electron chi connectivity index (χ2n) is 5.32. The van der Waals surface area contributed by atoms with Crippen molar-refractivity contribution in [2.75, 3.05) is 7.05 Å². The van der Waals surface area contributed by atoms with Crippen molar-refractivity contribution in [2.45, 2.75) is 6.54 Å². The zero-order chi connectivity index (χ0) is 15.5. The van der Waals surface area contributed by atoms with Gasteiger partial charge in [0, 0.05) is 56.0 Å². The maximum absolute atomic E-state index is 12.4. The van der Waals surface area contributed by atoms with E-state index < -0.39 is 0 Å². The Kier molecular flexibility index (Phi) is 3.78. The lowest BCUT2D eigenvalue weighted by atomic mass is 10.1. The SMILES string of the molecule is CN(Cc1cnn(C)c1)C(=O)c1ccc(-n2cccc2)cc1. The third-order valence-corrected chi connectivity index (χ3v) is 3.54. The van der Waals surface area contributed by atoms with Gasteiger partial charge in [-0.3, -0.25) is 9.48 Å². The average molecular weight is 294 g/mol. The molecule has 1 aromatic carbocycles. The molecule has 0 atom stereocenters. The van der Waals surface area contributed by atoms with Gasteiger partial charge in [-0.05, 0) is 36.4 Å². The van der Waals surface area contributed by atoms with Crippen molar-refractivity contribution >= 4 is 5.91 Å². The van der Waals surface area contributed by atoms with Gasteiger partial charge in [-0.1, -0.05) is 0 Å². The Balaban J connectivity index is 1.71. The predicted molar refractivity (Wildman–Crippen MR) is 84.8 cm³/mol. The first-order chi connectivity index (χ1) is 10.6. The van der Waals surface area contributed by atoms with Crippen molar-refractivity contribution in [1.82, 2.24) is 19.2 Å². The molecule has 5 nitrogen and oxygen atoms in total. The summed E-state index contributed by atoms with van der Waals surface area (Å²) >= 11 is 0. The number of nitrogens with zero attached hydrogens (tertiary/aromatic N) is 4. The Morgan fingerprint density at radius 1 is 1.18 bits per heavy atom. The van der Waals surface area contributed by atoms with Crippen molar-refractivity contribution in [3.63, 3.8) is 0 Å². The minimum Gasteiger partial charge on any atom is -0.337 e. The largest absolute Gasteiger partial charge is 0.337 e. The van der Waals surface area contributed by atoms with Gasteiger partial charge in [0.2, 0.25) is 0 Å². The van der Waals surface area contributed by atoms with E-state index in [0.717, 1.165) is 11.3 Å². The van der Waals surface area contributed by atoms with Crippen LogP contribution in [0.4, 0.5) is 0 Å². The molecule has 5 heteroatoms. The van der Waals surface area contributed by atoms with E-state index in [0.29, 0.717) is 12.1 Å². The van der Waals surface area contributed by atoms with E-state index in [1.807, 2.05) is 66.6 Å². The first-order valence-corrected chi connectivity index (χ1v) is 7.10. The second-order valence-corrected chi connectivity index (χ2v) is 5.32. The Labute approximate surface area is 129 Å². The van der Waals surface area contributed by atoms with Crippen LogP contribution in [0.2, 0.25) is 0 Å². The molecule has 2 aromatic heterocycles. The molecule has 3 rings (SSSR count). The number of carbonyl (C=O) groups excluding carboxylic acids is 1. The quantitative estimate of drug-likeness (QED) is 0.742. The Hall–Kier alpha value is -2.82. The highest BCUT2D eigenvalue weighted by atomic mass is 16.2. The number of hydrogen-bond donors (Lipinski definition) is 0. The van der Waals surface area contributed by atoms with Crippen LogP contribution < -0.4 is 0 Å². The fraction of sp³-hybridized carbons (Fsp3) is 0.176. The predicted octanol–water partition coefficient (Wildman–Crippen LogP) is 2.48. The summed E-state index contributed by atoms with van der Waals surface area (Å²) in [6.07, 6.45) is 7.65. The van der Waals surface area contributed by atoms with Crippen LogP contribution >= 0.6 is 0 Å². The highest BCUT2D eigenvalue weighted by molar-refractivity contribution is 5.94. The summed E-state index contributed by atoms with van der Waals surface area (Å²) in [5.41, 5.74) is 2.74. The molecule has 0 aliphatic carbocycles. The van der Waals surface area contributed by atoms with Gasteiger partial charge < -0.3 is 9.47 Å². The fourth-order valence-electron chi connectivity index (χ4n) is 2.40. The summed E-state index contributed by atoms with van der Waals surface area (Å²) < 4.78 is 3.74. The van der Waals surface area contributed by atoms with Gasteiger partial charge in [0.25, 0.3) is 5.91 Å². The molecule has 0 radical (unpaired) electrons. The van der Waals surface area contributed by atoms with E-state index in [2.05, 4.69) is 5.10 Å². The van der Waals surface area contributed by atoms with Crippen LogP contribution in [-0.2, 0) is 13.6 Å². The van der Waals surface area contributed by atoms with Crippen LogP contribution in [0.1, 0.15) is 15.9 Å². The monoisotopic (exact) mass is 294 g/mol. The zero-order valence-electron chi connectivity index (χ0n) is 12.7. The molecular formula is C17H18N4O. The van der Waals surface area contributed by atoms with Crippen LogP contribution in [0.25, 0.3) is 5.69 Å². The Morgan fingerprint density at radius 2 is 1.86 bits per heavy atom. The van der Waals surface area contributed by atoms with Gasteiger partial charge in [-0.25, -0.2) is 0 Å². The Morgan fingerprint density at radius 3 is 2.45 bits per heavy atom. The van der Waals surface area contributed by atoms with E-state index in [1.165, 1.54) is 0 Å². The molecule has 0 saturated carbocycles. The Bertz CT molecular complexity index is 756. The molecule has 1 amide bonds. The van der Waals surface area contributed by atoms with E-state index in [1.54, 1.807) is 22.8 Å². The molecule has 0 unspecified atom stereocenters. The number of rotatable bonds is 4. The maximum atomic E-state index is 12.4. The topological polar surface area (TPSA) is 43.1 Å². The van der Waals surface area contributed by atoms with Crippen molar-refractivity contribution < 1.29 is 4.79 Å². The van der Waals surface area contributed by atoms with Crippen LogP contribution in [0.3, 0.4) is 0 Å². The molecule has 0 aliphatic rings. The highest BCUT2D eigenvalue weighted by Gasteiger charge is 2.12. The third-order valence-electron chi connectivity index (χ3n) is 3.54. The normalized spacial score (nSPS) is 10.6. The minimum absolute atomic E-state index is 0.00269. The molecule has 112 valence electrons. The van der Waals surface area contributed by atoms with Gasteiger partial charge in [0.15, 0.2) is 0 Å². The number of hydrogen-bond acceptors (Lipinski definition) is 2. The second kappa shape index (κ2) is 5.89.